The van der Waals surface area contributed by atoms with E-state index in [0.717, 1.165) is 0 Å². The summed E-state index contributed by atoms with van der Waals surface area (Å²) >= 11 is 0. The number of halogens is 1. The van der Waals surface area contributed by atoms with Crippen LogP contribution in [0.1, 0.15) is 22.1 Å². The number of nitrogens with two attached hydrogens (primary N) is 1. The molecule has 0 aliphatic heterocycles. The largest absolute Gasteiger partial charge is 1.00 e. The van der Waals surface area contributed by atoms with Crippen molar-refractivity contribution in [3.05, 3.63) is 30.1 Å². The van der Waals surface area contributed by atoms with Gasteiger partial charge in [0, 0.05) is 12.1 Å². The summed E-state index contributed by atoms with van der Waals surface area (Å²) in [5, 5.41) is 0. The summed E-state index contributed by atoms with van der Waals surface area (Å²) in [5.41, 5.74) is 5.40. The number of amides is 1. The van der Waals surface area contributed by atoms with Crippen LogP contribution in [0.4, 0.5) is 0 Å². The van der Waals surface area contributed by atoms with Crippen molar-refractivity contribution >= 4 is 11.8 Å². The normalized spacial score (nSPS) is 8.69. The second kappa shape index (κ2) is 4.57. The highest BCUT2D eigenvalue weighted by Crippen LogP contribution is 1.91. The highest BCUT2D eigenvalue weighted by molar-refractivity contribution is 5.92. The maximum Gasteiger partial charge on any atom is 0.389 e. The van der Waals surface area contributed by atoms with Gasteiger partial charge in [-0.25, -0.2) is 4.79 Å². The number of rotatable bonds is 1. The van der Waals surface area contributed by atoms with Crippen LogP contribution in [0.2, 0.25) is 0 Å². The molecule has 0 unspecified atom stereocenters. The number of hydrogen-bond donors (Lipinski definition) is 1. The molecule has 0 atom stereocenters. The molecule has 0 radical (unpaired) electrons. The van der Waals surface area contributed by atoms with Gasteiger partial charge < -0.3 is 18.1 Å². The number of nitrogens with zero attached hydrogens (tertiary/aromatic N) is 1. The predicted octanol–water partition coefficient (Wildman–Crippen LogP) is -3.26. The Balaban J connectivity index is 0.00000144. The van der Waals surface area contributed by atoms with Crippen LogP contribution in [0, 0.1) is 0 Å². The van der Waals surface area contributed by atoms with Gasteiger partial charge in [0.25, 0.3) is 0 Å². The Bertz CT molecular complexity index is 288. The number of pyridine rings is 1. The Hall–Kier alpha value is -1.42. The zero-order valence-corrected chi connectivity index (χ0v) is 7.78. The van der Waals surface area contributed by atoms with Gasteiger partial charge in [0.05, 0.1) is 12.5 Å². The lowest BCUT2D eigenvalue weighted by atomic mass is 10.2. The van der Waals surface area contributed by atoms with E-state index in [1.54, 1.807) is 0 Å². The fraction of sp³-hybridized carbons (Fsp3) is 0.125. The molecule has 5 heteroatoms. The van der Waals surface area contributed by atoms with Gasteiger partial charge in [-0.1, -0.05) is 0 Å². The second-order valence-electron chi connectivity index (χ2n) is 2.38. The van der Waals surface area contributed by atoms with Crippen LogP contribution in [0.3, 0.4) is 0 Å². The topological polar surface area (TPSA) is 64.0 Å². The SMILES string of the molecule is CC(=O)[n+]1ccc(C(N)=O)cc1.[Cl-]. The molecule has 1 rings (SSSR count). The molecule has 1 aromatic heterocycles. The lowest BCUT2D eigenvalue weighted by molar-refractivity contribution is -0.572. The number of primary amides is 1. The second-order valence-corrected chi connectivity index (χ2v) is 2.38. The van der Waals surface area contributed by atoms with Crippen molar-refractivity contribution in [2.24, 2.45) is 5.73 Å². The molecule has 1 amide bonds. The maximum atomic E-state index is 10.8. The molecule has 0 spiro atoms. The monoisotopic (exact) mass is 200 g/mol. The van der Waals surface area contributed by atoms with Crippen molar-refractivity contribution in [1.29, 1.82) is 0 Å². The Morgan fingerprint density at radius 2 is 1.77 bits per heavy atom. The zero-order chi connectivity index (χ0) is 9.14. The Labute approximate surface area is 81.8 Å². The van der Waals surface area contributed by atoms with Crippen molar-refractivity contribution in [2.45, 2.75) is 6.92 Å². The van der Waals surface area contributed by atoms with Crippen molar-refractivity contribution in [3.8, 4) is 0 Å². The maximum absolute atomic E-state index is 10.8. The molecule has 4 nitrogen and oxygen atoms in total. The van der Waals surface area contributed by atoms with E-state index < -0.39 is 5.91 Å². The minimum Gasteiger partial charge on any atom is -1.00 e. The van der Waals surface area contributed by atoms with Gasteiger partial charge in [-0.15, -0.1) is 4.57 Å². The van der Waals surface area contributed by atoms with Crippen LogP contribution in [0.5, 0.6) is 0 Å². The van der Waals surface area contributed by atoms with Gasteiger partial charge in [-0.05, 0) is 0 Å². The summed E-state index contributed by atoms with van der Waals surface area (Å²) in [6, 6.07) is 3.01. The van der Waals surface area contributed by atoms with Crippen molar-refractivity contribution in [2.75, 3.05) is 0 Å². The molecule has 0 aliphatic rings. The van der Waals surface area contributed by atoms with Crippen molar-refractivity contribution in [3.63, 3.8) is 0 Å². The van der Waals surface area contributed by atoms with E-state index in [1.165, 1.54) is 36.0 Å². The lowest BCUT2D eigenvalue weighted by Crippen LogP contribution is -3.00. The Kier molecular flexibility index (Phi) is 4.07. The number of carbonyl (C=O) groups excluding carboxylic acids is 2. The molecule has 0 bridgehead atoms. The molecule has 70 valence electrons. The molecular formula is C8H9ClN2O2. The van der Waals surface area contributed by atoms with E-state index in [-0.39, 0.29) is 18.3 Å². The van der Waals surface area contributed by atoms with Crippen molar-refractivity contribution in [1.82, 2.24) is 0 Å². The van der Waals surface area contributed by atoms with E-state index in [0.29, 0.717) is 5.56 Å². The van der Waals surface area contributed by atoms with Crippen LogP contribution in [-0.4, -0.2) is 11.8 Å². The van der Waals surface area contributed by atoms with Gasteiger partial charge in [-0.2, -0.15) is 0 Å². The zero-order valence-electron chi connectivity index (χ0n) is 7.03. The highest BCUT2D eigenvalue weighted by atomic mass is 35.5. The number of carbonyl (C=O) groups is 2. The van der Waals surface area contributed by atoms with Crippen LogP contribution in [0.15, 0.2) is 24.5 Å². The molecule has 1 aromatic rings. The van der Waals surface area contributed by atoms with E-state index >= 15 is 0 Å². The average molecular weight is 201 g/mol. The smallest absolute Gasteiger partial charge is 0.389 e. The fourth-order valence-corrected chi connectivity index (χ4v) is 0.801. The standard InChI is InChI=1S/C8H8N2O2.ClH/c1-6(11)10-4-2-7(3-5-10)8(9)12;/h2-5H,1H3,(H-,9,12);1H. The Morgan fingerprint density at radius 3 is 2.08 bits per heavy atom. The molecule has 0 aliphatic carbocycles. The first kappa shape index (κ1) is 11.6. The van der Waals surface area contributed by atoms with Crippen LogP contribution in [-0.2, 0) is 0 Å². The summed E-state index contributed by atoms with van der Waals surface area (Å²) in [4.78, 5) is 21.4. The molecule has 13 heavy (non-hydrogen) atoms. The highest BCUT2D eigenvalue weighted by Gasteiger charge is 2.07. The van der Waals surface area contributed by atoms with E-state index in [9.17, 15) is 9.59 Å². The quantitative estimate of drug-likeness (QED) is 0.484. The minimum atomic E-state index is -0.495. The number of hydrogen-bond acceptors (Lipinski definition) is 2. The molecule has 0 saturated heterocycles. The van der Waals surface area contributed by atoms with Crippen LogP contribution < -0.4 is 22.7 Å². The summed E-state index contributed by atoms with van der Waals surface area (Å²) in [6.07, 6.45) is 3.00. The van der Waals surface area contributed by atoms with Crippen LogP contribution >= 0.6 is 0 Å². The third-order valence-corrected chi connectivity index (χ3v) is 1.48. The summed E-state index contributed by atoms with van der Waals surface area (Å²) in [7, 11) is 0. The van der Waals surface area contributed by atoms with Gasteiger partial charge >= 0.3 is 5.91 Å². The first-order valence-corrected chi connectivity index (χ1v) is 3.43. The molecule has 0 aromatic carbocycles. The first-order valence-electron chi connectivity index (χ1n) is 3.43. The minimum absolute atomic E-state index is 0. The third-order valence-electron chi connectivity index (χ3n) is 1.48. The summed E-state index contributed by atoms with van der Waals surface area (Å²) < 4.78 is 1.37. The predicted molar refractivity (Wildman–Crippen MR) is 41.5 cm³/mol. The van der Waals surface area contributed by atoms with E-state index in [2.05, 4.69) is 0 Å². The molecule has 0 fully saturated rings. The number of aromatic nitrogens is 1. The molecule has 1 heterocycles. The van der Waals surface area contributed by atoms with Gasteiger partial charge in [0.15, 0.2) is 12.4 Å². The van der Waals surface area contributed by atoms with Crippen molar-refractivity contribution < 1.29 is 26.6 Å². The first-order chi connectivity index (χ1) is 5.61. The summed E-state index contributed by atoms with van der Waals surface area (Å²) in [5.74, 6) is -0.600. The fourth-order valence-electron chi connectivity index (χ4n) is 0.801. The molecule has 2 N–H and O–H groups in total. The van der Waals surface area contributed by atoms with Gasteiger partial charge in [-0.3, -0.25) is 4.79 Å². The van der Waals surface area contributed by atoms with Gasteiger partial charge in [0.2, 0.25) is 5.91 Å². The average Bonchev–Trinajstić information content (AvgIpc) is 2.04. The lowest BCUT2D eigenvalue weighted by Gasteiger charge is -1.91. The van der Waals surface area contributed by atoms with Crippen LogP contribution in [0.25, 0.3) is 0 Å². The third kappa shape index (κ3) is 2.83. The molecular weight excluding hydrogens is 192 g/mol. The Morgan fingerprint density at radius 1 is 1.31 bits per heavy atom. The van der Waals surface area contributed by atoms with Gasteiger partial charge in [0.1, 0.15) is 0 Å². The summed E-state index contributed by atoms with van der Waals surface area (Å²) in [6.45, 7) is 1.43. The van der Waals surface area contributed by atoms with E-state index in [1.807, 2.05) is 0 Å². The van der Waals surface area contributed by atoms with E-state index in [4.69, 9.17) is 5.73 Å². The molecule has 0 saturated carbocycles.